The molecule has 3 aromatic carbocycles. The van der Waals surface area contributed by atoms with Crippen molar-refractivity contribution in [1.82, 2.24) is 9.97 Å². The second-order valence-electron chi connectivity index (χ2n) is 6.59. The Morgan fingerprint density at radius 1 is 1.00 bits per heavy atom. The summed E-state index contributed by atoms with van der Waals surface area (Å²) in [4.78, 5) is 20.1. The van der Waals surface area contributed by atoms with Crippen LogP contribution < -0.4 is 9.62 Å². The summed E-state index contributed by atoms with van der Waals surface area (Å²) in [7, 11) is -3.82. The number of carbonyl (C=O) groups excluding carboxylic acids is 1. The van der Waals surface area contributed by atoms with Gasteiger partial charge in [-0.25, -0.2) is 13.4 Å². The Bertz CT molecular complexity index is 1270. The third kappa shape index (κ3) is 3.77. The van der Waals surface area contributed by atoms with E-state index in [1.54, 1.807) is 43.3 Å². The van der Waals surface area contributed by atoms with Crippen LogP contribution in [0.1, 0.15) is 17.3 Å². The van der Waals surface area contributed by atoms with Crippen LogP contribution in [0, 0.1) is 0 Å². The van der Waals surface area contributed by atoms with Crippen LogP contribution >= 0.6 is 0 Å². The van der Waals surface area contributed by atoms with Crippen LogP contribution in [0.4, 0.5) is 11.6 Å². The Morgan fingerprint density at radius 2 is 1.73 bits per heavy atom. The maximum absolute atomic E-state index is 13.2. The highest BCUT2D eigenvalue weighted by Gasteiger charge is 2.24. The number of imidazole rings is 1. The molecule has 4 aromatic rings. The summed E-state index contributed by atoms with van der Waals surface area (Å²) >= 11 is 0. The third-order valence-corrected chi connectivity index (χ3v) is 6.54. The number of hydrogen-bond acceptors (Lipinski definition) is 4. The highest BCUT2D eigenvalue weighted by Crippen LogP contribution is 2.24. The zero-order chi connectivity index (χ0) is 21.1. The van der Waals surface area contributed by atoms with Gasteiger partial charge in [0.2, 0.25) is 5.95 Å². The van der Waals surface area contributed by atoms with Gasteiger partial charge >= 0.3 is 0 Å². The molecule has 0 saturated heterocycles. The summed E-state index contributed by atoms with van der Waals surface area (Å²) in [5, 5.41) is 2.69. The molecule has 1 amide bonds. The quantitative estimate of drug-likeness (QED) is 0.492. The number of nitrogens with zero attached hydrogens (tertiary/aromatic N) is 2. The normalized spacial score (nSPS) is 11.4. The second kappa shape index (κ2) is 8.00. The summed E-state index contributed by atoms with van der Waals surface area (Å²) in [5.41, 5.74) is 2.31. The Balaban J connectivity index is 1.62. The van der Waals surface area contributed by atoms with Crippen LogP contribution in [0.25, 0.3) is 11.0 Å². The van der Waals surface area contributed by atoms with Crippen LogP contribution in [-0.4, -0.2) is 30.8 Å². The molecule has 0 atom stereocenters. The first-order chi connectivity index (χ1) is 14.5. The first-order valence-corrected chi connectivity index (χ1v) is 10.9. The number of nitrogens with one attached hydrogen (secondary N) is 2. The number of rotatable bonds is 6. The lowest BCUT2D eigenvalue weighted by atomic mass is 10.2. The average Bonchev–Trinajstić information content (AvgIpc) is 3.17. The minimum atomic E-state index is -3.82. The fourth-order valence-corrected chi connectivity index (χ4v) is 4.72. The standard InChI is InChI=1S/C22H20N4O3S/c1-2-26(17-10-4-3-5-11-17)30(28,29)18-12-8-9-16(15-18)21(27)25-22-23-19-13-6-7-14-20(19)24-22/h3-15H,2H2,1H3,(H2,23,24,25,27). The first-order valence-electron chi connectivity index (χ1n) is 9.43. The molecule has 0 bridgehead atoms. The molecule has 0 spiro atoms. The van der Waals surface area contributed by atoms with E-state index >= 15 is 0 Å². The minimum absolute atomic E-state index is 0.0467. The molecule has 1 heterocycles. The molecule has 0 aliphatic rings. The van der Waals surface area contributed by atoms with Gasteiger partial charge in [0.1, 0.15) is 0 Å². The van der Waals surface area contributed by atoms with Gasteiger partial charge in [-0.15, -0.1) is 0 Å². The van der Waals surface area contributed by atoms with Crippen molar-refractivity contribution in [3.8, 4) is 0 Å². The van der Waals surface area contributed by atoms with E-state index in [-0.39, 0.29) is 17.0 Å². The molecule has 8 heteroatoms. The molecular weight excluding hydrogens is 400 g/mol. The molecule has 0 aliphatic heterocycles. The van der Waals surface area contributed by atoms with E-state index < -0.39 is 15.9 Å². The van der Waals surface area contributed by atoms with Crippen LogP contribution in [0.15, 0.2) is 83.8 Å². The Morgan fingerprint density at radius 3 is 2.47 bits per heavy atom. The number of carbonyl (C=O) groups is 1. The zero-order valence-corrected chi connectivity index (χ0v) is 17.1. The molecule has 30 heavy (non-hydrogen) atoms. The van der Waals surface area contributed by atoms with Crippen molar-refractivity contribution in [1.29, 1.82) is 0 Å². The predicted molar refractivity (Wildman–Crippen MR) is 117 cm³/mol. The fourth-order valence-electron chi connectivity index (χ4n) is 3.20. The largest absolute Gasteiger partial charge is 0.324 e. The predicted octanol–water partition coefficient (Wildman–Crippen LogP) is 4.03. The van der Waals surface area contributed by atoms with Crippen molar-refractivity contribution in [3.05, 3.63) is 84.4 Å². The first kappa shape index (κ1) is 19.7. The zero-order valence-electron chi connectivity index (χ0n) is 16.2. The van der Waals surface area contributed by atoms with Crippen LogP contribution in [0.5, 0.6) is 0 Å². The van der Waals surface area contributed by atoms with Gasteiger partial charge in [-0.2, -0.15) is 0 Å². The van der Waals surface area contributed by atoms with E-state index in [0.717, 1.165) is 11.0 Å². The molecule has 0 unspecified atom stereocenters. The Kier molecular flexibility index (Phi) is 5.24. The molecule has 4 rings (SSSR count). The van der Waals surface area contributed by atoms with Gasteiger partial charge in [0, 0.05) is 12.1 Å². The van der Waals surface area contributed by atoms with Gasteiger partial charge in [0.15, 0.2) is 0 Å². The number of amides is 1. The number of H-pyrrole nitrogens is 1. The summed E-state index contributed by atoms with van der Waals surface area (Å²) in [6.45, 7) is 2.03. The summed E-state index contributed by atoms with van der Waals surface area (Å²) < 4.78 is 27.7. The summed E-state index contributed by atoms with van der Waals surface area (Å²) in [5.74, 6) is -0.150. The van der Waals surface area contributed by atoms with E-state index in [4.69, 9.17) is 0 Å². The number of aromatic amines is 1. The molecule has 0 saturated carbocycles. The lowest BCUT2D eigenvalue weighted by Crippen LogP contribution is -2.31. The number of fused-ring (bicyclic) bond motifs is 1. The number of hydrogen-bond donors (Lipinski definition) is 2. The van der Waals surface area contributed by atoms with Gasteiger partial charge in [-0.05, 0) is 49.4 Å². The molecule has 1 aromatic heterocycles. The lowest BCUT2D eigenvalue weighted by Gasteiger charge is -2.23. The van der Waals surface area contributed by atoms with Crippen molar-refractivity contribution in [2.45, 2.75) is 11.8 Å². The van der Waals surface area contributed by atoms with Crippen molar-refractivity contribution in [3.63, 3.8) is 0 Å². The number of sulfonamides is 1. The molecule has 2 N–H and O–H groups in total. The maximum atomic E-state index is 13.2. The topological polar surface area (TPSA) is 95.2 Å². The van der Waals surface area contributed by atoms with Gasteiger partial charge in [0.05, 0.1) is 21.6 Å². The molecule has 152 valence electrons. The molecule has 7 nitrogen and oxygen atoms in total. The summed E-state index contributed by atoms with van der Waals surface area (Å²) in [6, 6.07) is 22.3. The van der Waals surface area contributed by atoms with Crippen LogP contribution in [0.2, 0.25) is 0 Å². The molecule has 0 aliphatic carbocycles. The SMILES string of the molecule is CCN(c1ccccc1)S(=O)(=O)c1cccc(C(=O)Nc2nc3ccccc3[nH]2)c1. The van der Waals surface area contributed by atoms with E-state index in [2.05, 4.69) is 15.3 Å². The Labute approximate surface area is 174 Å². The van der Waals surface area contributed by atoms with E-state index in [1.165, 1.54) is 16.4 Å². The maximum Gasteiger partial charge on any atom is 0.264 e. The smallest absolute Gasteiger partial charge is 0.264 e. The number of para-hydroxylation sites is 3. The van der Waals surface area contributed by atoms with Crippen LogP contribution in [0.3, 0.4) is 0 Å². The lowest BCUT2D eigenvalue weighted by molar-refractivity contribution is 0.102. The average molecular weight is 420 g/mol. The van der Waals surface area contributed by atoms with Crippen molar-refractivity contribution in [2.24, 2.45) is 0 Å². The third-order valence-electron chi connectivity index (χ3n) is 4.64. The molecule has 0 fully saturated rings. The van der Waals surface area contributed by atoms with Gasteiger partial charge in [0.25, 0.3) is 15.9 Å². The van der Waals surface area contributed by atoms with Gasteiger partial charge in [-0.3, -0.25) is 14.4 Å². The van der Waals surface area contributed by atoms with Gasteiger partial charge < -0.3 is 4.98 Å². The van der Waals surface area contributed by atoms with E-state index in [1.807, 2.05) is 30.3 Å². The highest BCUT2D eigenvalue weighted by atomic mass is 32.2. The number of benzene rings is 3. The van der Waals surface area contributed by atoms with Crippen molar-refractivity contribution >= 4 is 38.6 Å². The monoisotopic (exact) mass is 420 g/mol. The van der Waals surface area contributed by atoms with Crippen molar-refractivity contribution < 1.29 is 13.2 Å². The minimum Gasteiger partial charge on any atom is -0.324 e. The summed E-state index contributed by atoms with van der Waals surface area (Å²) in [6.07, 6.45) is 0. The number of anilines is 2. The second-order valence-corrected chi connectivity index (χ2v) is 8.45. The fraction of sp³-hybridized carbons (Fsp3) is 0.0909. The van der Waals surface area contributed by atoms with E-state index in [0.29, 0.717) is 11.6 Å². The van der Waals surface area contributed by atoms with E-state index in [9.17, 15) is 13.2 Å². The van der Waals surface area contributed by atoms with Crippen LogP contribution in [-0.2, 0) is 10.0 Å². The van der Waals surface area contributed by atoms with Gasteiger partial charge in [-0.1, -0.05) is 36.4 Å². The highest BCUT2D eigenvalue weighted by molar-refractivity contribution is 7.92. The molecule has 0 radical (unpaired) electrons. The molecular formula is C22H20N4O3S. The van der Waals surface area contributed by atoms with Crippen molar-refractivity contribution in [2.75, 3.05) is 16.2 Å². The Hall–Kier alpha value is -3.65. The number of aromatic nitrogens is 2.